The van der Waals surface area contributed by atoms with E-state index < -0.39 is 0 Å². The van der Waals surface area contributed by atoms with Gasteiger partial charge < -0.3 is 14.8 Å². The van der Waals surface area contributed by atoms with E-state index in [1.165, 1.54) is 0 Å². The summed E-state index contributed by atoms with van der Waals surface area (Å²) in [6.07, 6.45) is 0.774. The van der Waals surface area contributed by atoms with Crippen LogP contribution in [0.15, 0.2) is 40.9 Å². The van der Waals surface area contributed by atoms with Gasteiger partial charge in [-0.3, -0.25) is 4.79 Å². The third-order valence-electron chi connectivity index (χ3n) is 3.82. The van der Waals surface area contributed by atoms with Crippen LogP contribution in [0.25, 0.3) is 0 Å². The summed E-state index contributed by atoms with van der Waals surface area (Å²) in [5.74, 6) is 1.12. The zero-order chi connectivity index (χ0) is 18.4. The summed E-state index contributed by atoms with van der Waals surface area (Å²) in [7, 11) is 1.64. The Morgan fingerprint density at radius 3 is 2.56 bits per heavy atom. The van der Waals surface area contributed by atoms with Gasteiger partial charge in [-0.25, -0.2) is 0 Å². The maximum Gasteiger partial charge on any atom is 0.258 e. The first-order chi connectivity index (χ1) is 11.9. The molecule has 0 aliphatic carbocycles. The van der Waals surface area contributed by atoms with Crippen molar-refractivity contribution in [3.63, 3.8) is 0 Å². The van der Waals surface area contributed by atoms with E-state index >= 15 is 0 Å². The molecule has 0 heterocycles. The summed E-state index contributed by atoms with van der Waals surface area (Å²) in [4.78, 5) is 12.2. The van der Waals surface area contributed by atoms with Gasteiger partial charge >= 0.3 is 0 Å². The molecule has 0 aromatic heterocycles. The van der Waals surface area contributed by atoms with E-state index in [0.29, 0.717) is 10.8 Å². The van der Waals surface area contributed by atoms with Crippen LogP contribution in [0.1, 0.15) is 30.5 Å². The van der Waals surface area contributed by atoms with Crippen LogP contribution in [0.5, 0.6) is 11.5 Å². The molecule has 2 aromatic rings. The fourth-order valence-electron chi connectivity index (χ4n) is 2.51. The van der Waals surface area contributed by atoms with Crippen LogP contribution in [-0.2, 0) is 4.79 Å². The molecule has 0 fully saturated rings. The average Bonchev–Trinajstić information content (AvgIpc) is 2.58. The van der Waals surface area contributed by atoms with Gasteiger partial charge in [-0.15, -0.1) is 0 Å². The molecule has 1 unspecified atom stereocenters. The van der Waals surface area contributed by atoms with E-state index in [1.807, 2.05) is 38.1 Å². The highest BCUT2D eigenvalue weighted by molar-refractivity contribution is 9.10. The van der Waals surface area contributed by atoms with E-state index in [4.69, 9.17) is 21.1 Å². The molecule has 0 saturated carbocycles. The van der Waals surface area contributed by atoms with Crippen LogP contribution in [0.4, 0.5) is 0 Å². The van der Waals surface area contributed by atoms with Crippen molar-refractivity contribution in [1.82, 2.24) is 5.32 Å². The number of amides is 1. The Kier molecular flexibility index (Phi) is 7.14. The molecule has 4 nitrogen and oxygen atoms in total. The maximum atomic E-state index is 12.2. The molecule has 1 amide bonds. The van der Waals surface area contributed by atoms with Gasteiger partial charge in [-0.05, 0) is 48.7 Å². The van der Waals surface area contributed by atoms with Crippen LogP contribution >= 0.6 is 27.5 Å². The Morgan fingerprint density at radius 1 is 1.24 bits per heavy atom. The van der Waals surface area contributed by atoms with Gasteiger partial charge in [0.15, 0.2) is 6.61 Å². The number of methoxy groups -OCH3 is 1. The molecule has 1 atom stereocenters. The molecule has 0 bridgehead atoms. The summed E-state index contributed by atoms with van der Waals surface area (Å²) >= 11 is 9.42. The summed E-state index contributed by atoms with van der Waals surface area (Å²) < 4.78 is 11.6. The topological polar surface area (TPSA) is 47.6 Å². The predicted octanol–water partition coefficient (Wildman–Crippen LogP) is 5.07. The number of carbonyl (C=O) groups is 1. The SMILES string of the molecule is CCC(NC(=O)COc1ccc(Br)cc1Cl)c1ccc(OC)c(C)c1. The maximum absolute atomic E-state index is 12.2. The van der Waals surface area contributed by atoms with Crippen molar-refractivity contribution in [2.24, 2.45) is 0 Å². The minimum absolute atomic E-state index is 0.0823. The first kappa shape index (κ1) is 19.6. The first-order valence-corrected chi connectivity index (χ1v) is 9.13. The van der Waals surface area contributed by atoms with E-state index in [1.54, 1.807) is 19.2 Å². The molecule has 2 aromatic carbocycles. The molecule has 1 N–H and O–H groups in total. The zero-order valence-corrected chi connectivity index (χ0v) is 16.8. The Morgan fingerprint density at radius 2 is 1.96 bits per heavy atom. The van der Waals surface area contributed by atoms with E-state index in [9.17, 15) is 4.79 Å². The highest BCUT2D eigenvalue weighted by atomic mass is 79.9. The number of rotatable bonds is 7. The minimum atomic E-state index is -0.195. The number of ether oxygens (including phenoxy) is 2. The van der Waals surface area contributed by atoms with Gasteiger partial charge in [-0.2, -0.15) is 0 Å². The average molecular weight is 427 g/mol. The van der Waals surface area contributed by atoms with Crippen molar-refractivity contribution < 1.29 is 14.3 Å². The number of halogens is 2. The monoisotopic (exact) mass is 425 g/mol. The summed E-state index contributed by atoms with van der Waals surface area (Å²) in [6, 6.07) is 11.1. The van der Waals surface area contributed by atoms with Crippen molar-refractivity contribution in [2.75, 3.05) is 13.7 Å². The number of benzene rings is 2. The Balaban J connectivity index is 1.98. The van der Waals surface area contributed by atoms with Crippen molar-refractivity contribution in [2.45, 2.75) is 26.3 Å². The second kappa shape index (κ2) is 9.11. The second-order valence-corrected chi connectivity index (χ2v) is 6.94. The second-order valence-electron chi connectivity index (χ2n) is 5.62. The number of aryl methyl sites for hydroxylation is 1. The minimum Gasteiger partial charge on any atom is -0.496 e. The van der Waals surface area contributed by atoms with Crippen LogP contribution in [0.2, 0.25) is 5.02 Å². The fraction of sp³-hybridized carbons (Fsp3) is 0.316. The first-order valence-electron chi connectivity index (χ1n) is 7.96. The number of nitrogens with one attached hydrogen (secondary N) is 1. The van der Waals surface area contributed by atoms with Gasteiger partial charge in [0.1, 0.15) is 11.5 Å². The molecular formula is C19H21BrClNO3. The zero-order valence-electron chi connectivity index (χ0n) is 14.4. The highest BCUT2D eigenvalue weighted by Gasteiger charge is 2.15. The summed E-state index contributed by atoms with van der Waals surface area (Å²) in [5, 5.41) is 3.45. The lowest BCUT2D eigenvalue weighted by molar-refractivity contribution is -0.123. The number of hydrogen-bond donors (Lipinski definition) is 1. The number of hydrogen-bond acceptors (Lipinski definition) is 3. The summed E-state index contributed by atoms with van der Waals surface area (Å²) in [5.41, 5.74) is 2.07. The fourth-order valence-corrected chi connectivity index (χ4v) is 3.24. The lowest BCUT2D eigenvalue weighted by Gasteiger charge is -2.19. The Bertz CT molecular complexity index is 751. The van der Waals surface area contributed by atoms with Crippen molar-refractivity contribution in [1.29, 1.82) is 0 Å². The molecule has 0 saturated heterocycles. The molecule has 0 radical (unpaired) electrons. The van der Waals surface area contributed by atoms with Crippen molar-refractivity contribution >= 4 is 33.4 Å². The summed E-state index contributed by atoms with van der Waals surface area (Å²) in [6.45, 7) is 3.92. The van der Waals surface area contributed by atoms with Crippen LogP contribution in [0, 0.1) is 6.92 Å². The quantitative estimate of drug-likeness (QED) is 0.673. The molecule has 6 heteroatoms. The largest absolute Gasteiger partial charge is 0.496 e. The van der Waals surface area contributed by atoms with Gasteiger partial charge in [0.05, 0.1) is 18.2 Å². The third-order valence-corrected chi connectivity index (χ3v) is 4.61. The van der Waals surface area contributed by atoms with Gasteiger partial charge in [0.25, 0.3) is 5.91 Å². The predicted molar refractivity (Wildman–Crippen MR) is 104 cm³/mol. The van der Waals surface area contributed by atoms with E-state index in [2.05, 4.69) is 21.2 Å². The molecule has 2 rings (SSSR count). The lowest BCUT2D eigenvalue weighted by Crippen LogP contribution is -2.32. The van der Waals surface area contributed by atoms with Gasteiger partial charge in [0, 0.05) is 4.47 Å². The Hall–Kier alpha value is -1.72. The molecule has 0 spiro atoms. The molecule has 0 aliphatic rings. The number of carbonyl (C=O) groups excluding carboxylic acids is 1. The van der Waals surface area contributed by atoms with E-state index in [-0.39, 0.29) is 18.6 Å². The molecular weight excluding hydrogens is 406 g/mol. The third kappa shape index (κ3) is 5.38. The van der Waals surface area contributed by atoms with Gasteiger partial charge in [0.2, 0.25) is 0 Å². The standard InChI is InChI=1S/C19H21BrClNO3/c1-4-16(13-5-7-17(24-3)12(2)9-13)22-19(23)11-25-18-8-6-14(20)10-15(18)21/h5-10,16H,4,11H2,1-3H3,(H,22,23). The molecule has 134 valence electrons. The smallest absolute Gasteiger partial charge is 0.258 e. The normalized spacial score (nSPS) is 11.7. The van der Waals surface area contributed by atoms with Crippen LogP contribution < -0.4 is 14.8 Å². The van der Waals surface area contributed by atoms with Crippen molar-refractivity contribution in [3.05, 3.63) is 57.0 Å². The van der Waals surface area contributed by atoms with Crippen LogP contribution in [-0.4, -0.2) is 19.6 Å². The van der Waals surface area contributed by atoms with Gasteiger partial charge in [-0.1, -0.05) is 46.6 Å². The molecule has 0 aliphatic heterocycles. The van der Waals surface area contributed by atoms with Crippen molar-refractivity contribution in [3.8, 4) is 11.5 Å². The Labute approximate surface area is 161 Å². The highest BCUT2D eigenvalue weighted by Crippen LogP contribution is 2.28. The lowest BCUT2D eigenvalue weighted by atomic mass is 10.0. The van der Waals surface area contributed by atoms with Crippen LogP contribution in [0.3, 0.4) is 0 Å². The van der Waals surface area contributed by atoms with E-state index in [0.717, 1.165) is 27.8 Å². The molecule has 25 heavy (non-hydrogen) atoms.